The van der Waals surface area contributed by atoms with E-state index in [4.69, 9.17) is 14.2 Å². The van der Waals surface area contributed by atoms with Crippen molar-refractivity contribution in [3.05, 3.63) is 36.7 Å². The number of ether oxygens (including phenoxy) is 3. The van der Waals surface area contributed by atoms with Crippen molar-refractivity contribution in [3.8, 4) is 17.4 Å². The van der Waals surface area contributed by atoms with Crippen molar-refractivity contribution in [1.29, 1.82) is 0 Å². The summed E-state index contributed by atoms with van der Waals surface area (Å²) in [7, 11) is 3.24. The lowest BCUT2D eigenvalue weighted by Crippen LogP contribution is -2.41. The molecule has 0 spiro atoms. The van der Waals surface area contributed by atoms with Crippen LogP contribution < -0.4 is 19.7 Å². The minimum absolute atomic E-state index is 0.00697. The number of nitrogens with one attached hydrogen (secondary N) is 1. The number of carbonyl (C=O) groups excluding carboxylic acids is 1. The van der Waals surface area contributed by atoms with Gasteiger partial charge in [0.25, 0.3) is 5.88 Å². The molecule has 1 aromatic heterocycles. The molecule has 28 heavy (non-hydrogen) atoms. The average Bonchev–Trinajstić information content (AvgIpc) is 2.74. The molecule has 0 unspecified atom stereocenters. The van der Waals surface area contributed by atoms with E-state index >= 15 is 0 Å². The molecule has 0 bridgehead atoms. The first-order valence-electron chi connectivity index (χ1n) is 9.35. The van der Waals surface area contributed by atoms with Crippen LogP contribution in [0.3, 0.4) is 0 Å². The molecular weight excluding hydrogens is 360 g/mol. The summed E-state index contributed by atoms with van der Waals surface area (Å²) in [5.41, 5.74) is 0. The molecule has 1 aliphatic rings. The van der Waals surface area contributed by atoms with Gasteiger partial charge in [-0.3, -0.25) is 4.79 Å². The van der Waals surface area contributed by atoms with E-state index in [0.29, 0.717) is 36.3 Å². The van der Waals surface area contributed by atoms with Crippen LogP contribution in [0, 0.1) is 5.92 Å². The number of anilines is 1. The fourth-order valence-corrected chi connectivity index (χ4v) is 3.16. The molecule has 0 saturated carbocycles. The predicted octanol–water partition coefficient (Wildman–Crippen LogP) is 2.26. The Morgan fingerprint density at radius 3 is 2.68 bits per heavy atom. The number of amides is 1. The van der Waals surface area contributed by atoms with E-state index in [1.54, 1.807) is 32.7 Å². The van der Waals surface area contributed by atoms with Crippen LogP contribution in [0.5, 0.6) is 17.4 Å². The Balaban J connectivity index is 1.63. The Hall–Kier alpha value is -2.87. The van der Waals surface area contributed by atoms with E-state index in [9.17, 15) is 4.79 Å². The highest BCUT2D eigenvalue weighted by Gasteiger charge is 2.27. The number of carbonyl (C=O) groups is 1. The fourth-order valence-electron chi connectivity index (χ4n) is 3.16. The second-order valence-electron chi connectivity index (χ2n) is 6.51. The summed E-state index contributed by atoms with van der Waals surface area (Å²) in [6, 6.07) is 7.36. The van der Waals surface area contributed by atoms with Crippen LogP contribution in [0.25, 0.3) is 0 Å². The Morgan fingerprint density at radius 2 is 1.93 bits per heavy atom. The summed E-state index contributed by atoms with van der Waals surface area (Å²) in [5.74, 6) is 2.57. The van der Waals surface area contributed by atoms with Gasteiger partial charge in [-0.05, 0) is 25.0 Å². The van der Waals surface area contributed by atoms with Crippen molar-refractivity contribution in [3.63, 3.8) is 0 Å². The van der Waals surface area contributed by atoms with Crippen molar-refractivity contribution >= 4 is 11.7 Å². The largest absolute Gasteiger partial charge is 0.497 e. The molecule has 2 aromatic rings. The zero-order chi connectivity index (χ0) is 19.8. The molecule has 1 aromatic carbocycles. The lowest BCUT2D eigenvalue weighted by atomic mass is 9.96. The second-order valence-corrected chi connectivity index (χ2v) is 6.51. The Kier molecular flexibility index (Phi) is 7.02. The standard InChI is InChI=1S/C20H26N4O4/c1-26-13-10-22-19(25)15-6-11-24(12-7-15)18-20(23-9-8-21-18)28-17-5-3-4-16(14-17)27-2/h3-5,8-9,14-15H,6-7,10-13H2,1-2H3,(H,22,25). The highest BCUT2D eigenvalue weighted by Crippen LogP contribution is 2.32. The number of hydrogen-bond acceptors (Lipinski definition) is 7. The molecule has 150 valence electrons. The van der Waals surface area contributed by atoms with Crippen LogP contribution in [0.15, 0.2) is 36.7 Å². The molecule has 1 amide bonds. The van der Waals surface area contributed by atoms with E-state index in [-0.39, 0.29) is 11.8 Å². The number of methoxy groups -OCH3 is 2. The van der Waals surface area contributed by atoms with E-state index in [1.165, 1.54) is 0 Å². The minimum atomic E-state index is 0.00697. The monoisotopic (exact) mass is 386 g/mol. The summed E-state index contributed by atoms with van der Waals surface area (Å²) in [4.78, 5) is 23.2. The third kappa shape index (κ3) is 5.10. The zero-order valence-corrected chi connectivity index (χ0v) is 16.3. The van der Waals surface area contributed by atoms with Gasteiger partial charge in [0.1, 0.15) is 11.5 Å². The molecule has 3 rings (SSSR count). The third-order valence-electron chi connectivity index (χ3n) is 4.67. The van der Waals surface area contributed by atoms with Crippen molar-refractivity contribution in [2.24, 2.45) is 5.92 Å². The van der Waals surface area contributed by atoms with Gasteiger partial charge in [-0.2, -0.15) is 0 Å². The lowest BCUT2D eigenvalue weighted by molar-refractivity contribution is -0.125. The topological polar surface area (TPSA) is 85.8 Å². The predicted molar refractivity (Wildman–Crippen MR) is 105 cm³/mol. The zero-order valence-electron chi connectivity index (χ0n) is 16.3. The summed E-state index contributed by atoms with van der Waals surface area (Å²) in [5, 5.41) is 2.92. The Bertz CT molecular complexity index is 778. The van der Waals surface area contributed by atoms with Gasteiger partial charge in [0, 0.05) is 51.1 Å². The number of piperidine rings is 1. The van der Waals surface area contributed by atoms with Crippen LogP contribution in [0.1, 0.15) is 12.8 Å². The summed E-state index contributed by atoms with van der Waals surface area (Å²) < 4.78 is 16.2. The maximum Gasteiger partial charge on any atom is 0.263 e. The molecule has 1 N–H and O–H groups in total. The first kappa shape index (κ1) is 19.9. The molecule has 1 aliphatic heterocycles. The van der Waals surface area contributed by atoms with Gasteiger partial charge in [-0.1, -0.05) is 6.07 Å². The molecule has 0 radical (unpaired) electrons. The molecule has 8 nitrogen and oxygen atoms in total. The molecule has 0 aliphatic carbocycles. The van der Waals surface area contributed by atoms with Gasteiger partial charge in [-0.15, -0.1) is 0 Å². The number of aromatic nitrogens is 2. The van der Waals surface area contributed by atoms with Crippen molar-refractivity contribution in [2.75, 3.05) is 45.4 Å². The van der Waals surface area contributed by atoms with Crippen LogP contribution in [-0.2, 0) is 9.53 Å². The number of nitrogens with zero attached hydrogens (tertiary/aromatic N) is 3. The first-order valence-corrected chi connectivity index (χ1v) is 9.35. The smallest absolute Gasteiger partial charge is 0.263 e. The Morgan fingerprint density at radius 1 is 1.18 bits per heavy atom. The molecule has 1 fully saturated rings. The highest BCUT2D eigenvalue weighted by atomic mass is 16.5. The van der Waals surface area contributed by atoms with Crippen LogP contribution >= 0.6 is 0 Å². The van der Waals surface area contributed by atoms with Gasteiger partial charge in [0.2, 0.25) is 5.91 Å². The van der Waals surface area contributed by atoms with Gasteiger partial charge < -0.3 is 24.4 Å². The van der Waals surface area contributed by atoms with Crippen molar-refractivity contribution < 1.29 is 19.0 Å². The van der Waals surface area contributed by atoms with Gasteiger partial charge in [0.15, 0.2) is 5.82 Å². The number of benzene rings is 1. The summed E-state index contributed by atoms with van der Waals surface area (Å²) in [6.45, 7) is 2.50. The average molecular weight is 386 g/mol. The minimum Gasteiger partial charge on any atom is -0.497 e. The van der Waals surface area contributed by atoms with E-state index < -0.39 is 0 Å². The summed E-state index contributed by atoms with van der Waals surface area (Å²) in [6.07, 6.45) is 4.77. The van der Waals surface area contributed by atoms with Crippen LogP contribution in [0.4, 0.5) is 5.82 Å². The third-order valence-corrected chi connectivity index (χ3v) is 4.67. The fraction of sp³-hybridized carbons (Fsp3) is 0.450. The van der Waals surface area contributed by atoms with Gasteiger partial charge in [0.05, 0.1) is 13.7 Å². The van der Waals surface area contributed by atoms with Gasteiger partial charge in [-0.25, -0.2) is 9.97 Å². The van der Waals surface area contributed by atoms with Gasteiger partial charge >= 0.3 is 0 Å². The van der Waals surface area contributed by atoms with E-state index in [1.807, 2.05) is 18.2 Å². The Labute approximate surface area is 164 Å². The van der Waals surface area contributed by atoms with Crippen molar-refractivity contribution in [2.45, 2.75) is 12.8 Å². The summed E-state index contributed by atoms with van der Waals surface area (Å²) >= 11 is 0. The molecular formula is C20H26N4O4. The van der Waals surface area contributed by atoms with E-state index in [2.05, 4.69) is 20.2 Å². The quantitative estimate of drug-likeness (QED) is 0.697. The lowest BCUT2D eigenvalue weighted by Gasteiger charge is -2.32. The molecule has 8 heteroatoms. The molecule has 0 atom stereocenters. The molecule has 2 heterocycles. The second kappa shape index (κ2) is 9.89. The van der Waals surface area contributed by atoms with Crippen molar-refractivity contribution in [1.82, 2.24) is 15.3 Å². The maximum atomic E-state index is 12.2. The van der Waals surface area contributed by atoms with Crippen LogP contribution in [0.2, 0.25) is 0 Å². The van der Waals surface area contributed by atoms with E-state index in [0.717, 1.165) is 25.9 Å². The number of hydrogen-bond donors (Lipinski definition) is 1. The SMILES string of the molecule is COCCNC(=O)C1CCN(c2nccnc2Oc2cccc(OC)c2)CC1. The first-order chi connectivity index (χ1) is 13.7. The number of rotatable bonds is 8. The highest BCUT2D eigenvalue weighted by molar-refractivity contribution is 5.79. The molecule has 1 saturated heterocycles. The normalized spacial score (nSPS) is 14.6. The van der Waals surface area contributed by atoms with Crippen LogP contribution in [-0.4, -0.2) is 56.3 Å². The maximum absolute atomic E-state index is 12.2.